The summed E-state index contributed by atoms with van der Waals surface area (Å²) >= 11 is 0. The summed E-state index contributed by atoms with van der Waals surface area (Å²) in [6, 6.07) is 12.8. The molecule has 2 amide bonds. The summed E-state index contributed by atoms with van der Waals surface area (Å²) in [5.41, 5.74) is 2.26. The lowest BCUT2D eigenvalue weighted by atomic mass is 10.1. The molecule has 1 aliphatic rings. The quantitative estimate of drug-likeness (QED) is 0.869. The van der Waals surface area contributed by atoms with Crippen LogP contribution in [0.3, 0.4) is 0 Å². The minimum atomic E-state index is -0.413. The lowest BCUT2D eigenvalue weighted by Gasteiger charge is -2.27. The molecule has 1 aromatic heterocycles. The van der Waals surface area contributed by atoms with Gasteiger partial charge < -0.3 is 9.80 Å². The molecule has 1 saturated heterocycles. The Bertz CT molecular complexity index is 728. The van der Waals surface area contributed by atoms with Crippen molar-refractivity contribution in [1.29, 1.82) is 0 Å². The van der Waals surface area contributed by atoms with Gasteiger partial charge in [-0.25, -0.2) is 0 Å². The molecule has 5 heteroatoms. The first-order chi connectivity index (χ1) is 11.6. The van der Waals surface area contributed by atoms with Crippen molar-refractivity contribution < 1.29 is 9.59 Å². The van der Waals surface area contributed by atoms with Gasteiger partial charge in [-0.15, -0.1) is 0 Å². The summed E-state index contributed by atoms with van der Waals surface area (Å²) in [7, 11) is 0. The third-order valence-electron chi connectivity index (χ3n) is 4.38. The van der Waals surface area contributed by atoms with Gasteiger partial charge >= 0.3 is 0 Å². The van der Waals surface area contributed by atoms with Gasteiger partial charge in [0.25, 0.3) is 5.91 Å². The number of carbonyl (C=O) groups excluding carboxylic acids is 2. The Hall–Kier alpha value is -2.69. The summed E-state index contributed by atoms with van der Waals surface area (Å²) < 4.78 is 0. The standard InChI is InChI=1S/C19H21N3O2/c1-3-21(18(23)15-10-9-14(2)20-13-15)17-11-12-22(19(17)24)16-7-5-4-6-8-16/h4-10,13,17H,3,11-12H2,1-2H3. The van der Waals surface area contributed by atoms with E-state index in [2.05, 4.69) is 4.98 Å². The maximum Gasteiger partial charge on any atom is 0.256 e. The zero-order valence-corrected chi connectivity index (χ0v) is 14.0. The predicted molar refractivity (Wildman–Crippen MR) is 92.9 cm³/mol. The summed E-state index contributed by atoms with van der Waals surface area (Å²) in [5.74, 6) is -0.158. The van der Waals surface area contributed by atoms with E-state index in [-0.39, 0.29) is 11.8 Å². The van der Waals surface area contributed by atoms with Crippen LogP contribution < -0.4 is 4.90 Å². The highest BCUT2D eigenvalue weighted by Gasteiger charge is 2.38. The summed E-state index contributed by atoms with van der Waals surface area (Å²) in [5, 5.41) is 0. The van der Waals surface area contributed by atoms with Crippen molar-refractivity contribution in [1.82, 2.24) is 9.88 Å². The second kappa shape index (κ2) is 6.83. The molecule has 24 heavy (non-hydrogen) atoms. The van der Waals surface area contributed by atoms with Gasteiger partial charge in [0.2, 0.25) is 5.91 Å². The van der Waals surface area contributed by atoms with Gasteiger partial charge in [-0.2, -0.15) is 0 Å². The van der Waals surface area contributed by atoms with Crippen molar-refractivity contribution in [3.63, 3.8) is 0 Å². The van der Waals surface area contributed by atoms with E-state index in [4.69, 9.17) is 0 Å². The smallest absolute Gasteiger partial charge is 0.256 e. The van der Waals surface area contributed by atoms with Gasteiger partial charge in [0.15, 0.2) is 0 Å². The van der Waals surface area contributed by atoms with Crippen LogP contribution in [0.25, 0.3) is 0 Å². The molecule has 0 radical (unpaired) electrons. The van der Waals surface area contributed by atoms with Gasteiger partial charge in [0, 0.05) is 30.7 Å². The van der Waals surface area contributed by atoms with E-state index in [1.807, 2.05) is 50.2 Å². The number of anilines is 1. The molecule has 0 bridgehead atoms. The molecule has 0 saturated carbocycles. The number of likely N-dealkylation sites (N-methyl/N-ethyl adjacent to an activating group) is 1. The lowest BCUT2D eigenvalue weighted by Crippen LogP contribution is -2.45. The van der Waals surface area contributed by atoms with Gasteiger partial charge in [-0.05, 0) is 44.5 Å². The number of aryl methyl sites for hydroxylation is 1. The number of pyridine rings is 1. The van der Waals surface area contributed by atoms with Crippen LogP contribution in [0.1, 0.15) is 29.4 Å². The van der Waals surface area contributed by atoms with Gasteiger partial charge in [-0.1, -0.05) is 18.2 Å². The normalized spacial score (nSPS) is 17.2. The average molecular weight is 323 g/mol. The molecule has 0 spiro atoms. The number of amides is 2. The predicted octanol–water partition coefficient (Wildman–Crippen LogP) is 2.66. The Morgan fingerprint density at radius 3 is 2.62 bits per heavy atom. The molecule has 124 valence electrons. The van der Waals surface area contributed by atoms with E-state index < -0.39 is 6.04 Å². The van der Waals surface area contributed by atoms with Crippen molar-refractivity contribution in [3.8, 4) is 0 Å². The molecular weight excluding hydrogens is 302 g/mol. The highest BCUT2D eigenvalue weighted by Crippen LogP contribution is 2.25. The zero-order valence-electron chi connectivity index (χ0n) is 14.0. The van der Waals surface area contributed by atoms with Crippen LogP contribution in [0, 0.1) is 6.92 Å². The fraction of sp³-hybridized carbons (Fsp3) is 0.316. The Morgan fingerprint density at radius 2 is 2.00 bits per heavy atom. The first-order valence-electron chi connectivity index (χ1n) is 8.22. The monoisotopic (exact) mass is 323 g/mol. The molecule has 1 aromatic carbocycles. The Labute approximate surface area is 141 Å². The van der Waals surface area contributed by atoms with Gasteiger partial charge in [0.1, 0.15) is 6.04 Å². The van der Waals surface area contributed by atoms with E-state index in [1.54, 1.807) is 22.1 Å². The van der Waals surface area contributed by atoms with E-state index in [0.717, 1.165) is 11.4 Å². The molecule has 1 atom stereocenters. The van der Waals surface area contributed by atoms with Crippen LogP contribution in [0.15, 0.2) is 48.7 Å². The van der Waals surface area contributed by atoms with Crippen LogP contribution in [0.4, 0.5) is 5.69 Å². The number of hydrogen-bond donors (Lipinski definition) is 0. The largest absolute Gasteiger partial charge is 0.327 e. The molecule has 1 unspecified atom stereocenters. The first-order valence-corrected chi connectivity index (χ1v) is 8.22. The van der Waals surface area contributed by atoms with Crippen molar-refractivity contribution in [2.75, 3.05) is 18.0 Å². The van der Waals surface area contributed by atoms with E-state index in [1.165, 1.54) is 0 Å². The van der Waals surface area contributed by atoms with Crippen LogP contribution in [0.5, 0.6) is 0 Å². The van der Waals surface area contributed by atoms with Gasteiger partial charge in [-0.3, -0.25) is 14.6 Å². The second-order valence-corrected chi connectivity index (χ2v) is 5.91. The molecule has 2 aromatic rings. The van der Waals surface area contributed by atoms with Crippen molar-refractivity contribution >= 4 is 17.5 Å². The van der Waals surface area contributed by atoms with Crippen LogP contribution >= 0.6 is 0 Å². The summed E-state index contributed by atoms with van der Waals surface area (Å²) in [4.78, 5) is 33.2. The first kappa shape index (κ1) is 16.2. The molecule has 5 nitrogen and oxygen atoms in total. The number of hydrogen-bond acceptors (Lipinski definition) is 3. The number of benzene rings is 1. The third-order valence-corrected chi connectivity index (χ3v) is 4.38. The van der Waals surface area contributed by atoms with E-state index in [9.17, 15) is 9.59 Å². The minimum absolute atomic E-state index is 0.0172. The number of para-hydroxylation sites is 1. The number of rotatable bonds is 4. The van der Waals surface area contributed by atoms with E-state index >= 15 is 0 Å². The molecule has 0 aliphatic carbocycles. The summed E-state index contributed by atoms with van der Waals surface area (Å²) in [6.45, 7) is 4.90. The summed E-state index contributed by atoms with van der Waals surface area (Å²) in [6.07, 6.45) is 2.22. The van der Waals surface area contributed by atoms with E-state index in [0.29, 0.717) is 25.1 Å². The molecule has 0 N–H and O–H groups in total. The number of carbonyl (C=O) groups is 2. The van der Waals surface area contributed by atoms with Gasteiger partial charge in [0.05, 0.1) is 5.56 Å². The maximum atomic E-state index is 12.8. The SMILES string of the molecule is CCN(C(=O)c1ccc(C)nc1)C1CCN(c2ccccc2)C1=O. The molecule has 1 fully saturated rings. The zero-order chi connectivity index (χ0) is 17.1. The fourth-order valence-corrected chi connectivity index (χ4v) is 3.08. The minimum Gasteiger partial charge on any atom is -0.327 e. The molecule has 3 rings (SSSR count). The van der Waals surface area contributed by atoms with Crippen LogP contribution in [-0.2, 0) is 4.79 Å². The Morgan fingerprint density at radius 1 is 1.25 bits per heavy atom. The van der Waals surface area contributed by atoms with Crippen LogP contribution in [-0.4, -0.2) is 40.8 Å². The fourth-order valence-electron chi connectivity index (χ4n) is 3.08. The third kappa shape index (κ3) is 3.02. The lowest BCUT2D eigenvalue weighted by molar-refractivity contribution is -0.120. The number of nitrogens with zero attached hydrogens (tertiary/aromatic N) is 3. The average Bonchev–Trinajstić information content (AvgIpc) is 2.98. The second-order valence-electron chi connectivity index (χ2n) is 5.91. The molecule has 2 heterocycles. The van der Waals surface area contributed by atoms with Crippen molar-refractivity contribution in [2.24, 2.45) is 0 Å². The molecule has 1 aliphatic heterocycles. The highest BCUT2D eigenvalue weighted by atomic mass is 16.2. The van der Waals surface area contributed by atoms with Crippen molar-refractivity contribution in [2.45, 2.75) is 26.3 Å². The topological polar surface area (TPSA) is 53.5 Å². The Kier molecular flexibility index (Phi) is 4.60. The molecular formula is C19H21N3O2. The number of aromatic nitrogens is 1. The van der Waals surface area contributed by atoms with Crippen LogP contribution in [0.2, 0.25) is 0 Å². The van der Waals surface area contributed by atoms with Crippen molar-refractivity contribution in [3.05, 3.63) is 59.9 Å². The Balaban J connectivity index is 1.80. The highest BCUT2D eigenvalue weighted by molar-refractivity contribution is 6.03. The maximum absolute atomic E-state index is 12.8.